The highest BCUT2D eigenvalue weighted by molar-refractivity contribution is 7.91. The van der Waals surface area contributed by atoms with Crippen LogP contribution in [0.3, 0.4) is 0 Å². The van der Waals surface area contributed by atoms with Gasteiger partial charge in [0.05, 0.1) is 15.1 Å². The summed E-state index contributed by atoms with van der Waals surface area (Å²) in [6, 6.07) is 8.32. The highest BCUT2D eigenvalue weighted by Crippen LogP contribution is 2.29. The summed E-state index contributed by atoms with van der Waals surface area (Å²) in [4.78, 5) is 16.2. The highest BCUT2D eigenvalue weighted by atomic mass is 32.2. The van der Waals surface area contributed by atoms with E-state index in [0.717, 1.165) is 33.5 Å². The molecule has 0 aliphatic carbocycles. The lowest BCUT2D eigenvalue weighted by molar-refractivity contribution is 0.102. The van der Waals surface area contributed by atoms with Crippen LogP contribution in [-0.2, 0) is 9.84 Å². The van der Waals surface area contributed by atoms with Gasteiger partial charge in [0.1, 0.15) is 0 Å². The van der Waals surface area contributed by atoms with Crippen LogP contribution < -0.4 is 5.32 Å². The molecule has 9 heteroatoms. The maximum Gasteiger partial charge on any atom is 0.341 e. The standard InChI is InChI=1S/C17H14F2N2O3S2/c1-9-7-10(2)14-13(8-9)25-17(20-14)21-15(22)11-3-5-12(6-4-11)26(23,24)16(18)19/h3-8,16H,1-2H3,(H,20,21,22). The zero-order valence-corrected chi connectivity index (χ0v) is 15.4. The Bertz CT molecular complexity index is 1090. The zero-order valence-electron chi connectivity index (χ0n) is 13.8. The summed E-state index contributed by atoms with van der Waals surface area (Å²) in [5.41, 5.74) is 3.03. The van der Waals surface area contributed by atoms with E-state index in [1.807, 2.05) is 26.0 Å². The molecule has 1 amide bonds. The fourth-order valence-corrected chi connectivity index (χ4v) is 4.25. The van der Waals surface area contributed by atoms with Crippen molar-refractivity contribution in [3.63, 3.8) is 0 Å². The monoisotopic (exact) mass is 396 g/mol. The Morgan fingerprint density at radius 1 is 1.15 bits per heavy atom. The van der Waals surface area contributed by atoms with Crippen LogP contribution in [0.4, 0.5) is 13.9 Å². The van der Waals surface area contributed by atoms with E-state index in [4.69, 9.17) is 0 Å². The number of alkyl halides is 2. The Morgan fingerprint density at radius 2 is 1.81 bits per heavy atom. The number of benzene rings is 2. The van der Waals surface area contributed by atoms with Crippen LogP contribution in [0.2, 0.25) is 0 Å². The minimum absolute atomic E-state index is 0.144. The molecule has 26 heavy (non-hydrogen) atoms. The molecule has 0 fully saturated rings. The molecule has 0 aliphatic heterocycles. The molecule has 0 atom stereocenters. The number of carbonyl (C=O) groups excluding carboxylic acids is 1. The predicted octanol–water partition coefficient (Wildman–Crippen LogP) is 4.16. The Balaban J connectivity index is 1.83. The van der Waals surface area contributed by atoms with E-state index < -0.39 is 26.4 Å². The van der Waals surface area contributed by atoms with E-state index in [0.29, 0.717) is 5.13 Å². The van der Waals surface area contributed by atoms with E-state index >= 15 is 0 Å². The summed E-state index contributed by atoms with van der Waals surface area (Å²) in [5, 5.41) is 3.05. The minimum Gasteiger partial charge on any atom is -0.298 e. The van der Waals surface area contributed by atoms with Gasteiger partial charge in [0.2, 0.25) is 9.84 Å². The lowest BCUT2D eigenvalue weighted by Crippen LogP contribution is -2.14. The first-order chi connectivity index (χ1) is 12.2. The summed E-state index contributed by atoms with van der Waals surface area (Å²) >= 11 is 1.32. The summed E-state index contributed by atoms with van der Waals surface area (Å²) in [6.45, 7) is 3.91. The van der Waals surface area contributed by atoms with Crippen molar-refractivity contribution in [3.8, 4) is 0 Å². The van der Waals surface area contributed by atoms with Crippen molar-refractivity contribution in [2.75, 3.05) is 5.32 Å². The van der Waals surface area contributed by atoms with Crippen molar-refractivity contribution < 1.29 is 22.0 Å². The molecule has 2 aromatic carbocycles. The predicted molar refractivity (Wildman–Crippen MR) is 96.7 cm³/mol. The third kappa shape index (κ3) is 3.45. The number of fused-ring (bicyclic) bond motifs is 1. The summed E-state index contributed by atoms with van der Waals surface area (Å²) in [7, 11) is -4.68. The Morgan fingerprint density at radius 3 is 2.42 bits per heavy atom. The average molecular weight is 396 g/mol. The summed E-state index contributed by atoms with van der Waals surface area (Å²) in [6.07, 6.45) is 0. The topological polar surface area (TPSA) is 76.1 Å². The maximum absolute atomic E-state index is 12.5. The number of thiazole rings is 1. The molecule has 0 spiro atoms. The van der Waals surface area contributed by atoms with Gasteiger partial charge in [-0.3, -0.25) is 10.1 Å². The van der Waals surface area contributed by atoms with Crippen molar-refractivity contribution in [2.45, 2.75) is 24.5 Å². The summed E-state index contributed by atoms with van der Waals surface area (Å²) < 4.78 is 48.8. The SMILES string of the molecule is Cc1cc(C)c2nc(NC(=O)c3ccc(S(=O)(=O)C(F)F)cc3)sc2c1. The number of anilines is 1. The lowest BCUT2D eigenvalue weighted by Gasteiger charge is -2.05. The first kappa shape index (κ1) is 18.4. The second-order valence-electron chi connectivity index (χ2n) is 5.73. The van der Waals surface area contributed by atoms with Gasteiger partial charge in [-0.1, -0.05) is 17.4 Å². The third-order valence-corrected chi connectivity index (χ3v) is 6.05. The Labute approximate surface area is 152 Å². The molecule has 1 N–H and O–H groups in total. The van der Waals surface area contributed by atoms with E-state index in [1.165, 1.54) is 23.5 Å². The quantitative estimate of drug-likeness (QED) is 0.718. The van der Waals surface area contributed by atoms with Crippen molar-refractivity contribution in [1.29, 1.82) is 0 Å². The number of hydrogen-bond donors (Lipinski definition) is 1. The van der Waals surface area contributed by atoms with Gasteiger partial charge >= 0.3 is 5.76 Å². The minimum atomic E-state index is -4.68. The molecule has 1 heterocycles. The number of nitrogens with one attached hydrogen (secondary N) is 1. The van der Waals surface area contributed by atoms with Gasteiger partial charge in [0, 0.05) is 5.56 Å². The molecule has 0 aliphatic rings. The molecule has 0 bridgehead atoms. The van der Waals surface area contributed by atoms with E-state index in [9.17, 15) is 22.0 Å². The molecule has 3 aromatic rings. The van der Waals surface area contributed by atoms with Crippen molar-refractivity contribution >= 4 is 42.4 Å². The number of carbonyl (C=O) groups is 1. The van der Waals surface area contributed by atoms with Crippen LogP contribution in [0.1, 0.15) is 21.5 Å². The fraction of sp³-hybridized carbons (Fsp3) is 0.176. The van der Waals surface area contributed by atoms with Crippen LogP contribution >= 0.6 is 11.3 Å². The molecule has 0 saturated carbocycles. The third-order valence-electron chi connectivity index (χ3n) is 3.73. The zero-order chi connectivity index (χ0) is 19.1. The highest BCUT2D eigenvalue weighted by Gasteiger charge is 2.26. The van der Waals surface area contributed by atoms with Gasteiger partial charge < -0.3 is 0 Å². The van der Waals surface area contributed by atoms with Crippen molar-refractivity contribution in [3.05, 3.63) is 53.1 Å². The number of nitrogens with zero attached hydrogens (tertiary/aromatic N) is 1. The number of sulfone groups is 1. The number of aryl methyl sites for hydroxylation is 2. The van der Waals surface area contributed by atoms with Crippen molar-refractivity contribution in [1.82, 2.24) is 4.98 Å². The molecular weight excluding hydrogens is 382 g/mol. The first-order valence-electron chi connectivity index (χ1n) is 7.50. The molecule has 1 aromatic heterocycles. The van der Waals surface area contributed by atoms with Crippen molar-refractivity contribution in [2.24, 2.45) is 0 Å². The van der Waals surface area contributed by atoms with Gasteiger partial charge in [-0.2, -0.15) is 8.78 Å². The molecule has 5 nitrogen and oxygen atoms in total. The number of hydrogen-bond acceptors (Lipinski definition) is 5. The van der Waals surface area contributed by atoms with Gasteiger partial charge in [0.15, 0.2) is 5.13 Å². The maximum atomic E-state index is 12.5. The second kappa shape index (κ2) is 6.73. The smallest absolute Gasteiger partial charge is 0.298 e. The normalized spacial score (nSPS) is 11.9. The molecule has 136 valence electrons. The summed E-state index contributed by atoms with van der Waals surface area (Å²) in [5.74, 6) is -4.00. The Hall–Kier alpha value is -2.39. The fourth-order valence-electron chi connectivity index (χ4n) is 2.49. The van der Waals surface area contributed by atoms with Crippen LogP contribution in [0.5, 0.6) is 0 Å². The second-order valence-corrected chi connectivity index (χ2v) is 8.68. The van der Waals surface area contributed by atoms with Crippen LogP contribution in [0.15, 0.2) is 41.3 Å². The number of aromatic nitrogens is 1. The molecule has 0 unspecified atom stereocenters. The van der Waals surface area contributed by atoms with Gasteiger partial charge in [0.25, 0.3) is 5.91 Å². The number of rotatable bonds is 4. The van der Waals surface area contributed by atoms with Crippen LogP contribution in [0, 0.1) is 13.8 Å². The van der Waals surface area contributed by atoms with Gasteiger partial charge in [-0.15, -0.1) is 0 Å². The molecular formula is C17H14F2N2O3S2. The van der Waals surface area contributed by atoms with Gasteiger partial charge in [-0.25, -0.2) is 13.4 Å². The Kier molecular flexibility index (Phi) is 4.76. The van der Waals surface area contributed by atoms with Crippen LogP contribution in [-0.4, -0.2) is 25.1 Å². The van der Waals surface area contributed by atoms with E-state index in [1.54, 1.807) is 0 Å². The van der Waals surface area contributed by atoms with Gasteiger partial charge in [-0.05, 0) is 55.3 Å². The molecule has 0 radical (unpaired) electrons. The lowest BCUT2D eigenvalue weighted by atomic mass is 10.1. The number of amides is 1. The molecule has 3 rings (SSSR count). The van der Waals surface area contributed by atoms with E-state index in [2.05, 4.69) is 10.3 Å². The largest absolute Gasteiger partial charge is 0.341 e. The number of halogens is 2. The average Bonchev–Trinajstić information content (AvgIpc) is 2.97. The first-order valence-corrected chi connectivity index (χ1v) is 9.86. The van der Waals surface area contributed by atoms with E-state index in [-0.39, 0.29) is 5.56 Å². The molecule has 0 saturated heterocycles. The van der Waals surface area contributed by atoms with Crippen LogP contribution in [0.25, 0.3) is 10.2 Å².